The summed E-state index contributed by atoms with van der Waals surface area (Å²) in [4.78, 5) is 10.4. The number of carbonyl (C=O) groups is 1. The fourth-order valence-electron chi connectivity index (χ4n) is 1.03. The minimum atomic E-state index is 0.292. The van der Waals surface area contributed by atoms with E-state index in [1.807, 2.05) is 0 Å². The van der Waals surface area contributed by atoms with Crippen LogP contribution in [-0.2, 0) is 0 Å². The minimum Gasteiger partial charge on any atom is -0.298 e. The van der Waals surface area contributed by atoms with Gasteiger partial charge in [-0.15, -0.1) is 5.10 Å². The average molecular weight is 216 g/mol. The van der Waals surface area contributed by atoms with Gasteiger partial charge in [-0.25, -0.2) is 5.43 Å². The van der Waals surface area contributed by atoms with Crippen LogP contribution in [0.1, 0.15) is 15.9 Å². The lowest BCUT2D eigenvalue weighted by Crippen LogP contribution is -1.92. The molecule has 0 fully saturated rings. The zero-order chi connectivity index (χ0) is 11.2. The minimum absolute atomic E-state index is 0.292. The van der Waals surface area contributed by atoms with E-state index in [2.05, 4.69) is 31.2 Å². The Kier molecular flexibility index (Phi) is 2.98. The maximum Gasteiger partial charge on any atom is 0.283 e. The number of anilines is 1. The Morgan fingerprint density at radius 2 is 2.00 bits per heavy atom. The van der Waals surface area contributed by atoms with Gasteiger partial charge in [0.05, 0.1) is 6.21 Å². The summed E-state index contributed by atoms with van der Waals surface area (Å²) in [5.74, 6) is 0.292. The number of carbonyl (C=O) groups excluding carboxylic acids is 1. The Balaban J connectivity index is 1.98. The molecule has 0 amide bonds. The maximum atomic E-state index is 10.4. The van der Waals surface area contributed by atoms with Gasteiger partial charge in [0.1, 0.15) is 6.29 Å². The van der Waals surface area contributed by atoms with Gasteiger partial charge in [0, 0.05) is 5.56 Å². The van der Waals surface area contributed by atoms with E-state index < -0.39 is 0 Å². The number of hydrogen-bond acceptors (Lipinski definition) is 6. The van der Waals surface area contributed by atoms with Crippen LogP contribution in [0, 0.1) is 0 Å². The molecule has 7 nitrogen and oxygen atoms in total. The first-order valence-electron chi connectivity index (χ1n) is 4.46. The van der Waals surface area contributed by atoms with Gasteiger partial charge in [-0.2, -0.15) is 10.3 Å². The van der Waals surface area contributed by atoms with Crippen molar-refractivity contribution in [3.63, 3.8) is 0 Å². The quantitative estimate of drug-likeness (QED) is 0.439. The van der Waals surface area contributed by atoms with Crippen LogP contribution in [0.2, 0.25) is 0 Å². The predicted octanol–water partition coefficient (Wildman–Crippen LogP) is 0.458. The standard InChI is InChI=1S/C9H8N6O/c16-6-8-3-1-7(2-4-8)5-10-11-9-12-14-15-13-9/h1-6H,(H2,11,12,13,14,15). The van der Waals surface area contributed by atoms with Crippen molar-refractivity contribution in [1.29, 1.82) is 0 Å². The van der Waals surface area contributed by atoms with Crippen molar-refractivity contribution in [2.75, 3.05) is 5.43 Å². The van der Waals surface area contributed by atoms with Crippen molar-refractivity contribution >= 4 is 18.4 Å². The Labute approximate surface area is 90.6 Å². The monoisotopic (exact) mass is 216 g/mol. The second-order valence-corrected chi connectivity index (χ2v) is 2.89. The van der Waals surface area contributed by atoms with E-state index >= 15 is 0 Å². The fraction of sp³-hybridized carbons (Fsp3) is 0. The lowest BCUT2D eigenvalue weighted by Gasteiger charge is -1.93. The number of H-pyrrole nitrogens is 1. The number of nitrogens with one attached hydrogen (secondary N) is 2. The molecule has 0 bridgehead atoms. The Morgan fingerprint density at radius 1 is 1.25 bits per heavy atom. The molecule has 1 aromatic heterocycles. The van der Waals surface area contributed by atoms with Crippen LogP contribution in [0.5, 0.6) is 0 Å². The van der Waals surface area contributed by atoms with E-state index in [-0.39, 0.29) is 0 Å². The highest BCUT2D eigenvalue weighted by atomic mass is 16.1. The fourth-order valence-corrected chi connectivity index (χ4v) is 1.03. The number of aromatic amines is 1. The molecule has 0 aliphatic carbocycles. The molecule has 0 aliphatic rings. The van der Waals surface area contributed by atoms with Crippen LogP contribution in [0.25, 0.3) is 0 Å². The number of aromatic nitrogens is 4. The van der Waals surface area contributed by atoms with Gasteiger partial charge in [0.25, 0.3) is 5.95 Å². The van der Waals surface area contributed by atoms with E-state index in [9.17, 15) is 4.79 Å². The number of tetrazole rings is 1. The largest absolute Gasteiger partial charge is 0.298 e. The molecule has 80 valence electrons. The number of hydrogen-bond donors (Lipinski definition) is 2. The highest BCUT2D eigenvalue weighted by molar-refractivity contribution is 5.82. The molecular formula is C9H8N6O. The van der Waals surface area contributed by atoms with E-state index in [0.717, 1.165) is 11.8 Å². The van der Waals surface area contributed by atoms with Crippen LogP contribution < -0.4 is 5.43 Å². The van der Waals surface area contributed by atoms with Crippen molar-refractivity contribution in [1.82, 2.24) is 20.6 Å². The van der Waals surface area contributed by atoms with Crippen LogP contribution in [0.15, 0.2) is 29.4 Å². The third-order valence-corrected chi connectivity index (χ3v) is 1.80. The summed E-state index contributed by atoms with van der Waals surface area (Å²) in [5, 5.41) is 16.9. The van der Waals surface area contributed by atoms with Crippen LogP contribution >= 0.6 is 0 Å². The summed E-state index contributed by atoms with van der Waals surface area (Å²) in [7, 11) is 0. The predicted molar refractivity (Wildman–Crippen MR) is 57.2 cm³/mol. The summed E-state index contributed by atoms with van der Waals surface area (Å²) in [6, 6.07) is 6.99. The van der Waals surface area contributed by atoms with E-state index in [1.54, 1.807) is 30.5 Å². The smallest absolute Gasteiger partial charge is 0.283 e. The first-order chi connectivity index (χ1) is 7.88. The molecular weight excluding hydrogens is 208 g/mol. The third-order valence-electron chi connectivity index (χ3n) is 1.80. The number of benzene rings is 1. The Hall–Kier alpha value is -2.57. The molecule has 16 heavy (non-hydrogen) atoms. The molecule has 2 aromatic rings. The number of aldehydes is 1. The van der Waals surface area contributed by atoms with Crippen molar-refractivity contribution in [3.8, 4) is 0 Å². The van der Waals surface area contributed by atoms with E-state index in [0.29, 0.717) is 11.5 Å². The molecule has 0 radical (unpaired) electrons. The average Bonchev–Trinajstić information content (AvgIpc) is 2.83. The van der Waals surface area contributed by atoms with Crippen molar-refractivity contribution < 1.29 is 4.79 Å². The highest BCUT2D eigenvalue weighted by Crippen LogP contribution is 2.00. The molecule has 0 atom stereocenters. The molecule has 0 aliphatic heterocycles. The second-order valence-electron chi connectivity index (χ2n) is 2.89. The summed E-state index contributed by atoms with van der Waals surface area (Å²) < 4.78 is 0. The molecule has 0 spiro atoms. The number of nitrogens with zero attached hydrogens (tertiary/aromatic N) is 4. The zero-order valence-electron chi connectivity index (χ0n) is 8.16. The number of rotatable bonds is 4. The highest BCUT2D eigenvalue weighted by Gasteiger charge is 1.92. The molecule has 0 unspecified atom stereocenters. The summed E-state index contributed by atoms with van der Waals surface area (Å²) in [6.45, 7) is 0. The van der Waals surface area contributed by atoms with Gasteiger partial charge in [0.2, 0.25) is 0 Å². The Bertz CT molecular complexity index is 475. The molecule has 1 heterocycles. The molecule has 2 N–H and O–H groups in total. The van der Waals surface area contributed by atoms with Crippen molar-refractivity contribution in [2.24, 2.45) is 5.10 Å². The van der Waals surface area contributed by atoms with Crippen LogP contribution in [0.3, 0.4) is 0 Å². The third kappa shape index (κ3) is 2.47. The van der Waals surface area contributed by atoms with Gasteiger partial charge < -0.3 is 0 Å². The van der Waals surface area contributed by atoms with Gasteiger partial charge in [0.15, 0.2) is 0 Å². The Morgan fingerprint density at radius 3 is 2.62 bits per heavy atom. The first kappa shape index (κ1) is 9.97. The second kappa shape index (κ2) is 4.78. The normalized spacial score (nSPS) is 10.5. The molecule has 1 aromatic carbocycles. The molecule has 2 rings (SSSR count). The summed E-state index contributed by atoms with van der Waals surface area (Å²) in [5.41, 5.74) is 4.08. The first-order valence-corrected chi connectivity index (χ1v) is 4.46. The van der Waals surface area contributed by atoms with Gasteiger partial charge in [-0.05, 0) is 10.8 Å². The molecule has 0 saturated heterocycles. The maximum absolute atomic E-state index is 10.4. The summed E-state index contributed by atoms with van der Waals surface area (Å²) in [6.07, 6.45) is 2.38. The van der Waals surface area contributed by atoms with Gasteiger partial charge >= 0.3 is 0 Å². The molecule has 7 heteroatoms. The lowest BCUT2D eigenvalue weighted by atomic mass is 10.2. The van der Waals surface area contributed by atoms with Gasteiger partial charge in [-0.1, -0.05) is 29.4 Å². The van der Waals surface area contributed by atoms with E-state index in [4.69, 9.17) is 0 Å². The van der Waals surface area contributed by atoms with Gasteiger partial charge in [-0.3, -0.25) is 4.79 Å². The molecule has 0 saturated carbocycles. The lowest BCUT2D eigenvalue weighted by molar-refractivity contribution is 0.112. The number of hydrazone groups is 1. The van der Waals surface area contributed by atoms with Crippen molar-refractivity contribution in [3.05, 3.63) is 35.4 Å². The van der Waals surface area contributed by atoms with Crippen LogP contribution in [0.4, 0.5) is 5.95 Å². The topological polar surface area (TPSA) is 95.9 Å². The SMILES string of the molecule is O=Cc1ccc(C=NNc2nn[nH]n2)cc1. The van der Waals surface area contributed by atoms with E-state index in [1.165, 1.54) is 0 Å². The van der Waals surface area contributed by atoms with Crippen molar-refractivity contribution in [2.45, 2.75) is 0 Å². The summed E-state index contributed by atoms with van der Waals surface area (Å²) >= 11 is 0. The zero-order valence-corrected chi connectivity index (χ0v) is 8.16. The van der Waals surface area contributed by atoms with Crippen LogP contribution in [-0.4, -0.2) is 33.1 Å².